The summed E-state index contributed by atoms with van der Waals surface area (Å²) >= 11 is 0. The predicted molar refractivity (Wildman–Crippen MR) is 81.6 cm³/mol. The van der Waals surface area contributed by atoms with Crippen LogP contribution in [-0.2, 0) is 4.74 Å². The van der Waals surface area contributed by atoms with Crippen LogP contribution >= 0.6 is 0 Å². The maximum atomic E-state index is 5.85. The zero-order valence-electron chi connectivity index (χ0n) is 12.2. The molecule has 2 saturated heterocycles. The number of rotatable bonds is 3. The molecule has 2 aromatic rings. The molecule has 21 heavy (non-hydrogen) atoms. The van der Waals surface area contributed by atoms with Crippen molar-refractivity contribution in [2.75, 3.05) is 44.2 Å². The highest BCUT2D eigenvalue weighted by molar-refractivity contribution is 5.74. The van der Waals surface area contributed by atoms with Crippen LogP contribution in [0.4, 0.5) is 6.01 Å². The molecule has 0 spiro atoms. The second kappa shape index (κ2) is 5.66. The molecule has 1 aromatic carbocycles. The first kappa shape index (κ1) is 13.1. The van der Waals surface area contributed by atoms with E-state index in [4.69, 9.17) is 9.15 Å². The number of fused-ring (bicyclic) bond motifs is 1. The Morgan fingerprint density at radius 3 is 2.76 bits per heavy atom. The van der Waals surface area contributed by atoms with E-state index in [9.17, 15) is 0 Å². The first-order chi connectivity index (χ1) is 10.4. The molecule has 5 heteroatoms. The molecule has 1 atom stereocenters. The van der Waals surface area contributed by atoms with Crippen LogP contribution in [0.25, 0.3) is 11.1 Å². The highest BCUT2D eigenvalue weighted by Gasteiger charge is 2.24. The van der Waals surface area contributed by atoms with Crippen molar-refractivity contribution in [3.8, 4) is 0 Å². The van der Waals surface area contributed by atoms with E-state index in [1.54, 1.807) is 0 Å². The van der Waals surface area contributed by atoms with Crippen LogP contribution in [0.5, 0.6) is 0 Å². The zero-order chi connectivity index (χ0) is 14.1. The van der Waals surface area contributed by atoms with Gasteiger partial charge >= 0.3 is 0 Å². The smallest absolute Gasteiger partial charge is 0.298 e. The van der Waals surface area contributed by atoms with E-state index in [2.05, 4.69) is 14.8 Å². The van der Waals surface area contributed by atoms with Crippen molar-refractivity contribution in [2.45, 2.75) is 18.9 Å². The van der Waals surface area contributed by atoms with Gasteiger partial charge < -0.3 is 14.1 Å². The van der Waals surface area contributed by atoms with E-state index >= 15 is 0 Å². The number of aromatic nitrogens is 1. The van der Waals surface area contributed by atoms with Crippen molar-refractivity contribution >= 4 is 17.1 Å². The molecule has 0 radical (unpaired) electrons. The zero-order valence-corrected chi connectivity index (χ0v) is 12.2. The number of oxazole rings is 1. The summed E-state index contributed by atoms with van der Waals surface area (Å²) in [4.78, 5) is 9.32. The van der Waals surface area contributed by atoms with E-state index in [1.165, 1.54) is 12.8 Å². The molecule has 0 saturated carbocycles. The Morgan fingerprint density at radius 1 is 1.14 bits per heavy atom. The van der Waals surface area contributed by atoms with Crippen LogP contribution in [0.2, 0.25) is 0 Å². The highest BCUT2D eigenvalue weighted by atomic mass is 16.5. The van der Waals surface area contributed by atoms with Gasteiger partial charge in [-0.3, -0.25) is 4.90 Å². The topological polar surface area (TPSA) is 41.7 Å². The standard InChI is InChI=1S/C16H21N3O2/c1-2-6-15-14(5-1)17-16(21-15)19-9-7-18(8-10-19)12-13-4-3-11-20-13/h1-2,5-6,13H,3-4,7-12H2. The quantitative estimate of drug-likeness (QED) is 0.865. The Bertz CT molecular complexity index is 565. The van der Waals surface area contributed by atoms with Crippen LogP contribution in [-0.4, -0.2) is 55.3 Å². The second-order valence-corrected chi connectivity index (χ2v) is 5.89. The molecule has 4 rings (SSSR count). The molecule has 2 fully saturated rings. The van der Waals surface area contributed by atoms with Crippen molar-refractivity contribution in [1.82, 2.24) is 9.88 Å². The number of nitrogens with zero attached hydrogens (tertiary/aromatic N) is 3. The first-order valence-corrected chi connectivity index (χ1v) is 7.83. The van der Waals surface area contributed by atoms with Gasteiger partial charge in [0.05, 0.1) is 6.10 Å². The average Bonchev–Trinajstić information content (AvgIpc) is 3.16. The lowest BCUT2D eigenvalue weighted by Crippen LogP contribution is -2.48. The molecule has 1 unspecified atom stereocenters. The molecule has 0 amide bonds. The fourth-order valence-corrected chi connectivity index (χ4v) is 3.19. The van der Waals surface area contributed by atoms with Crippen LogP contribution in [0.15, 0.2) is 28.7 Å². The van der Waals surface area contributed by atoms with Crippen molar-refractivity contribution in [1.29, 1.82) is 0 Å². The minimum Gasteiger partial charge on any atom is -0.423 e. The van der Waals surface area contributed by atoms with E-state index in [-0.39, 0.29) is 0 Å². The third-order valence-electron chi connectivity index (χ3n) is 4.41. The maximum Gasteiger partial charge on any atom is 0.298 e. The van der Waals surface area contributed by atoms with E-state index in [0.717, 1.165) is 56.4 Å². The monoisotopic (exact) mass is 287 g/mol. The van der Waals surface area contributed by atoms with Crippen molar-refractivity contribution in [3.63, 3.8) is 0 Å². The minimum atomic E-state index is 0.445. The number of para-hydroxylation sites is 2. The third kappa shape index (κ3) is 2.76. The SMILES string of the molecule is c1ccc2oc(N3CCN(CC4CCCO4)CC3)nc2c1. The van der Waals surface area contributed by atoms with E-state index in [1.807, 2.05) is 24.3 Å². The molecule has 2 aliphatic heterocycles. The number of benzene rings is 1. The highest BCUT2D eigenvalue weighted by Crippen LogP contribution is 2.23. The van der Waals surface area contributed by atoms with Gasteiger partial charge in [0, 0.05) is 39.3 Å². The van der Waals surface area contributed by atoms with Gasteiger partial charge in [-0.1, -0.05) is 12.1 Å². The number of ether oxygens (including phenoxy) is 1. The Kier molecular flexibility index (Phi) is 3.53. The van der Waals surface area contributed by atoms with Crippen LogP contribution < -0.4 is 4.90 Å². The van der Waals surface area contributed by atoms with Crippen LogP contribution in [0.3, 0.4) is 0 Å². The molecule has 0 N–H and O–H groups in total. The summed E-state index contributed by atoms with van der Waals surface area (Å²) in [5, 5.41) is 0. The lowest BCUT2D eigenvalue weighted by atomic mass is 10.2. The van der Waals surface area contributed by atoms with Gasteiger partial charge in [-0.05, 0) is 25.0 Å². The van der Waals surface area contributed by atoms with Crippen molar-refractivity contribution < 1.29 is 9.15 Å². The predicted octanol–water partition coefficient (Wildman–Crippen LogP) is 2.13. The van der Waals surface area contributed by atoms with Gasteiger partial charge in [-0.2, -0.15) is 4.98 Å². The third-order valence-corrected chi connectivity index (χ3v) is 4.41. The molecule has 5 nitrogen and oxygen atoms in total. The van der Waals surface area contributed by atoms with E-state index < -0.39 is 0 Å². The minimum absolute atomic E-state index is 0.445. The molecule has 0 bridgehead atoms. The lowest BCUT2D eigenvalue weighted by molar-refractivity contribution is 0.0710. The molecule has 2 aliphatic rings. The largest absolute Gasteiger partial charge is 0.423 e. The molecular weight excluding hydrogens is 266 g/mol. The second-order valence-electron chi connectivity index (χ2n) is 5.89. The van der Waals surface area contributed by atoms with Crippen LogP contribution in [0, 0.1) is 0 Å². The molecule has 112 valence electrons. The Balaban J connectivity index is 1.38. The number of anilines is 1. The molecule has 0 aliphatic carbocycles. The summed E-state index contributed by atoms with van der Waals surface area (Å²) in [6.07, 6.45) is 2.87. The van der Waals surface area contributed by atoms with Crippen LogP contribution in [0.1, 0.15) is 12.8 Å². The molecule has 3 heterocycles. The van der Waals surface area contributed by atoms with Gasteiger partial charge in [0.25, 0.3) is 6.01 Å². The maximum absolute atomic E-state index is 5.85. The summed E-state index contributed by atoms with van der Waals surface area (Å²) in [6, 6.07) is 8.70. The Morgan fingerprint density at radius 2 is 2.00 bits per heavy atom. The summed E-state index contributed by atoms with van der Waals surface area (Å²) in [6.45, 7) is 6.06. The summed E-state index contributed by atoms with van der Waals surface area (Å²) in [7, 11) is 0. The van der Waals surface area contributed by atoms with Gasteiger partial charge in [0.1, 0.15) is 5.52 Å². The van der Waals surface area contributed by atoms with E-state index in [0.29, 0.717) is 6.10 Å². The van der Waals surface area contributed by atoms with Crippen molar-refractivity contribution in [2.24, 2.45) is 0 Å². The fourth-order valence-electron chi connectivity index (χ4n) is 3.19. The van der Waals surface area contributed by atoms with Gasteiger partial charge in [-0.25, -0.2) is 0 Å². The van der Waals surface area contributed by atoms with Gasteiger partial charge in [0.2, 0.25) is 0 Å². The Labute approximate surface area is 124 Å². The summed E-state index contributed by atoms with van der Waals surface area (Å²) in [5.74, 6) is 0. The summed E-state index contributed by atoms with van der Waals surface area (Å²) in [5.41, 5.74) is 1.81. The molecular formula is C16H21N3O2. The van der Waals surface area contributed by atoms with Gasteiger partial charge in [-0.15, -0.1) is 0 Å². The number of hydrogen-bond donors (Lipinski definition) is 0. The Hall–Kier alpha value is -1.59. The molecule has 1 aromatic heterocycles. The lowest BCUT2D eigenvalue weighted by Gasteiger charge is -2.34. The van der Waals surface area contributed by atoms with Crippen molar-refractivity contribution in [3.05, 3.63) is 24.3 Å². The first-order valence-electron chi connectivity index (χ1n) is 7.83. The average molecular weight is 287 g/mol. The number of hydrogen-bond acceptors (Lipinski definition) is 5. The van der Waals surface area contributed by atoms with Gasteiger partial charge in [0.15, 0.2) is 5.58 Å². The fraction of sp³-hybridized carbons (Fsp3) is 0.562. The normalized spacial score (nSPS) is 24.0. The number of piperazine rings is 1. The summed E-state index contributed by atoms with van der Waals surface area (Å²) < 4.78 is 11.6.